The minimum Gasteiger partial charge on any atom is -0.193 e. The molecule has 0 unspecified atom stereocenters. The first-order valence-electron chi connectivity index (χ1n) is 3.34. The van der Waals surface area contributed by atoms with E-state index in [4.69, 9.17) is 23.2 Å². The van der Waals surface area contributed by atoms with E-state index in [2.05, 4.69) is 44.7 Å². The molecule has 0 N–H and O–H groups in total. The van der Waals surface area contributed by atoms with Gasteiger partial charge in [-0.05, 0) is 36.6 Å². The molecule has 0 aliphatic heterocycles. The standard InChI is InChI=1S/C8H2Cl2N2S2/c9-7-5(11-3-13)1-2-6(8(7)10)12-4-14/h1-2H. The summed E-state index contributed by atoms with van der Waals surface area (Å²) < 4.78 is 0. The van der Waals surface area contributed by atoms with Gasteiger partial charge in [0.25, 0.3) is 0 Å². The number of aliphatic imine (C=N–C) groups is 2. The molecule has 6 heteroatoms. The van der Waals surface area contributed by atoms with Crippen LogP contribution in [0.2, 0.25) is 10.0 Å². The van der Waals surface area contributed by atoms with Gasteiger partial charge in [0, 0.05) is 0 Å². The Morgan fingerprint density at radius 2 is 1.29 bits per heavy atom. The molecule has 0 saturated heterocycles. The van der Waals surface area contributed by atoms with Gasteiger partial charge in [-0.3, -0.25) is 0 Å². The lowest BCUT2D eigenvalue weighted by Crippen LogP contribution is -1.72. The molecular weight excluding hydrogens is 259 g/mol. The van der Waals surface area contributed by atoms with Crippen molar-refractivity contribution in [2.45, 2.75) is 0 Å². The van der Waals surface area contributed by atoms with Gasteiger partial charge >= 0.3 is 0 Å². The van der Waals surface area contributed by atoms with Crippen molar-refractivity contribution in [1.29, 1.82) is 0 Å². The zero-order chi connectivity index (χ0) is 10.6. The minimum absolute atomic E-state index is 0.274. The van der Waals surface area contributed by atoms with Gasteiger partial charge in [0.1, 0.15) is 0 Å². The van der Waals surface area contributed by atoms with Crippen LogP contribution in [0.15, 0.2) is 22.1 Å². The molecule has 0 fully saturated rings. The zero-order valence-electron chi connectivity index (χ0n) is 6.62. The molecule has 14 heavy (non-hydrogen) atoms. The van der Waals surface area contributed by atoms with E-state index in [9.17, 15) is 0 Å². The molecule has 1 aromatic rings. The van der Waals surface area contributed by atoms with E-state index in [0.29, 0.717) is 11.4 Å². The molecule has 0 aliphatic rings. The van der Waals surface area contributed by atoms with Crippen molar-refractivity contribution in [3.63, 3.8) is 0 Å². The molecule has 1 aromatic carbocycles. The molecule has 0 aliphatic carbocycles. The largest absolute Gasteiger partial charge is 0.193 e. The van der Waals surface area contributed by atoms with Crippen LogP contribution in [-0.4, -0.2) is 10.3 Å². The smallest absolute Gasteiger partial charge is 0.0942 e. The van der Waals surface area contributed by atoms with Gasteiger partial charge in [0.2, 0.25) is 0 Å². The monoisotopic (exact) mass is 260 g/mol. The topological polar surface area (TPSA) is 24.7 Å². The molecule has 0 spiro atoms. The van der Waals surface area contributed by atoms with E-state index < -0.39 is 0 Å². The number of isothiocyanates is 2. The van der Waals surface area contributed by atoms with Crippen LogP contribution in [0.4, 0.5) is 11.4 Å². The van der Waals surface area contributed by atoms with Gasteiger partial charge in [-0.1, -0.05) is 23.2 Å². The van der Waals surface area contributed by atoms with E-state index >= 15 is 0 Å². The van der Waals surface area contributed by atoms with Gasteiger partial charge in [-0.2, -0.15) is 9.98 Å². The number of halogens is 2. The van der Waals surface area contributed by atoms with Crippen LogP contribution in [0, 0.1) is 0 Å². The minimum atomic E-state index is 0.274. The van der Waals surface area contributed by atoms with Crippen molar-refractivity contribution in [2.75, 3.05) is 0 Å². The first kappa shape index (κ1) is 11.5. The Balaban J connectivity index is 3.39. The van der Waals surface area contributed by atoms with Gasteiger partial charge in [-0.15, -0.1) is 0 Å². The summed E-state index contributed by atoms with van der Waals surface area (Å²) in [4.78, 5) is 7.46. The molecule has 0 radical (unpaired) electrons. The third kappa shape index (κ3) is 2.46. The first-order chi connectivity index (χ1) is 6.70. The lowest BCUT2D eigenvalue weighted by molar-refractivity contribution is 1.50. The van der Waals surface area contributed by atoms with Crippen LogP contribution >= 0.6 is 47.6 Å². The van der Waals surface area contributed by atoms with Crippen LogP contribution in [-0.2, 0) is 0 Å². The Bertz CT molecular complexity index is 418. The highest BCUT2D eigenvalue weighted by Crippen LogP contribution is 2.38. The number of nitrogens with zero attached hydrogens (tertiary/aromatic N) is 2. The van der Waals surface area contributed by atoms with Crippen LogP contribution in [0.5, 0.6) is 0 Å². The normalized spacial score (nSPS) is 8.71. The fourth-order valence-corrected chi connectivity index (χ4v) is 1.40. The molecule has 1 rings (SSSR count). The van der Waals surface area contributed by atoms with Crippen LogP contribution in [0.1, 0.15) is 0 Å². The highest BCUT2D eigenvalue weighted by atomic mass is 35.5. The quantitative estimate of drug-likeness (QED) is 0.579. The van der Waals surface area contributed by atoms with E-state index in [-0.39, 0.29) is 10.0 Å². The zero-order valence-corrected chi connectivity index (χ0v) is 9.77. The predicted octanol–water partition coefficient (Wildman–Crippen LogP) is 4.46. The maximum absolute atomic E-state index is 5.88. The van der Waals surface area contributed by atoms with Crippen LogP contribution in [0.25, 0.3) is 0 Å². The summed E-state index contributed by atoms with van der Waals surface area (Å²) in [5, 5.41) is 4.95. The summed E-state index contributed by atoms with van der Waals surface area (Å²) in [6.45, 7) is 0. The molecule has 0 atom stereocenters. The van der Waals surface area contributed by atoms with Crippen molar-refractivity contribution in [3.8, 4) is 0 Å². The van der Waals surface area contributed by atoms with Crippen molar-refractivity contribution >= 4 is 69.3 Å². The Kier molecular flexibility index (Phi) is 4.36. The number of hydrogen-bond acceptors (Lipinski definition) is 4. The third-order valence-electron chi connectivity index (χ3n) is 1.37. The maximum Gasteiger partial charge on any atom is 0.0942 e. The van der Waals surface area contributed by atoms with E-state index in [1.165, 1.54) is 0 Å². The molecule has 70 valence electrons. The number of benzene rings is 1. The summed E-state index contributed by atoms with van der Waals surface area (Å²) in [7, 11) is 0. The second-order valence-electron chi connectivity index (χ2n) is 2.14. The Morgan fingerprint density at radius 3 is 1.57 bits per heavy atom. The van der Waals surface area contributed by atoms with Gasteiger partial charge in [0.15, 0.2) is 0 Å². The van der Waals surface area contributed by atoms with Gasteiger partial charge < -0.3 is 0 Å². The Labute approximate surface area is 101 Å². The first-order valence-corrected chi connectivity index (χ1v) is 4.91. The molecule has 0 aromatic heterocycles. The summed E-state index contributed by atoms with van der Waals surface area (Å²) in [6, 6.07) is 3.25. The molecular formula is C8H2Cl2N2S2. The summed E-state index contributed by atoms with van der Waals surface area (Å²) in [5.74, 6) is 0. The average Bonchev–Trinajstić information content (AvgIpc) is 2.18. The second kappa shape index (κ2) is 5.32. The highest BCUT2D eigenvalue weighted by molar-refractivity contribution is 7.78. The van der Waals surface area contributed by atoms with Crippen LogP contribution in [0.3, 0.4) is 0 Å². The predicted molar refractivity (Wildman–Crippen MR) is 65.8 cm³/mol. The fourth-order valence-electron chi connectivity index (χ4n) is 0.800. The van der Waals surface area contributed by atoms with Crippen molar-refractivity contribution in [2.24, 2.45) is 9.98 Å². The molecule has 0 amide bonds. The van der Waals surface area contributed by atoms with E-state index in [1.807, 2.05) is 0 Å². The number of thiocarbonyl (C=S) groups is 2. The summed E-state index contributed by atoms with van der Waals surface area (Å²) in [6.07, 6.45) is 0. The second-order valence-corrected chi connectivity index (χ2v) is 3.26. The van der Waals surface area contributed by atoms with Gasteiger partial charge in [-0.25, -0.2) is 0 Å². The maximum atomic E-state index is 5.88. The van der Waals surface area contributed by atoms with Crippen LogP contribution < -0.4 is 0 Å². The fraction of sp³-hybridized carbons (Fsp3) is 0. The van der Waals surface area contributed by atoms with Crippen molar-refractivity contribution in [3.05, 3.63) is 22.2 Å². The van der Waals surface area contributed by atoms with Crippen molar-refractivity contribution in [1.82, 2.24) is 0 Å². The number of hydrogen-bond donors (Lipinski definition) is 0. The molecule has 0 saturated carbocycles. The van der Waals surface area contributed by atoms with E-state index in [1.54, 1.807) is 12.1 Å². The lowest BCUT2D eigenvalue weighted by Gasteiger charge is -2.01. The highest BCUT2D eigenvalue weighted by Gasteiger charge is 2.08. The Hall–Kier alpha value is -0.600. The Morgan fingerprint density at radius 1 is 0.929 bits per heavy atom. The van der Waals surface area contributed by atoms with E-state index in [0.717, 1.165) is 0 Å². The number of rotatable bonds is 2. The van der Waals surface area contributed by atoms with Gasteiger partial charge in [0.05, 0.1) is 31.7 Å². The summed E-state index contributed by atoms with van der Waals surface area (Å²) >= 11 is 20.7. The SMILES string of the molecule is S=C=Nc1ccc(N=C=S)c(Cl)c1Cl. The summed E-state index contributed by atoms with van der Waals surface area (Å²) in [5.41, 5.74) is 0.907. The molecule has 0 heterocycles. The molecule has 0 bridgehead atoms. The average molecular weight is 261 g/mol. The lowest BCUT2D eigenvalue weighted by atomic mass is 10.3. The van der Waals surface area contributed by atoms with Crippen molar-refractivity contribution < 1.29 is 0 Å². The molecule has 2 nitrogen and oxygen atoms in total. The third-order valence-corrected chi connectivity index (χ3v) is 2.42.